The Kier molecular flexibility index (Phi) is 21.9. The van der Waals surface area contributed by atoms with Gasteiger partial charge in [0.1, 0.15) is 37.7 Å². The van der Waals surface area contributed by atoms with Gasteiger partial charge in [0.2, 0.25) is 0 Å². The number of likely N-dealkylation sites (N-methyl/N-ethyl adjacent to an activating group) is 2. The fourth-order valence-corrected chi connectivity index (χ4v) is 4.98. The van der Waals surface area contributed by atoms with Crippen LogP contribution in [0.1, 0.15) is 49.7 Å². The summed E-state index contributed by atoms with van der Waals surface area (Å²) in [5.41, 5.74) is 1.76. The predicted octanol–water partition coefficient (Wildman–Crippen LogP) is 0.781. The van der Waals surface area contributed by atoms with E-state index in [1.165, 1.54) is 9.80 Å². The number of para-hydroxylation sites is 2. The van der Waals surface area contributed by atoms with E-state index in [9.17, 15) is 19.2 Å². The van der Waals surface area contributed by atoms with Crippen LogP contribution in [-0.2, 0) is 41.9 Å². The maximum absolute atomic E-state index is 12.8. The number of hydrogen-bond donors (Lipinski definition) is 2. The highest BCUT2D eigenvalue weighted by molar-refractivity contribution is 6.26. The second-order valence-corrected chi connectivity index (χ2v) is 14.4. The number of quaternary nitrogens is 2. The molecule has 310 valence electrons. The first-order valence-corrected chi connectivity index (χ1v) is 17.4. The van der Waals surface area contributed by atoms with Gasteiger partial charge < -0.3 is 58.3 Å². The summed E-state index contributed by atoms with van der Waals surface area (Å²) in [5.74, 6) is -6.60. The number of aliphatic carboxylic acids is 4. The van der Waals surface area contributed by atoms with Gasteiger partial charge in [-0.25, -0.2) is 19.2 Å². The molecule has 0 aliphatic carbocycles. The maximum atomic E-state index is 12.8. The van der Waals surface area contributed by atoms with Crippen molar-refractivity contribution in [3.05, 3.63) is 59.7 Å². The minimum Gasteiger partial charge on any atom is -0.539 e. The SMILES string of the molecule is CN(C)C(=O)Oc1ccccc1C[N+](C)(C)CC(=O)CCCCCCC(=O)C[N+](C)(C)Cc1ccccc1OC(=O)N(C)C.O=C([O-])C(=O)O.O=C([O-])C(=O)O. The van der Waals surface area contributed by atoms with Gasteiger partial charge in [0, 0.05) is 52.2 Å². The molecule has 0 saturated heterocycles. The Morgan fingerprint density at radius 1 is 0.554 bits per heavy atom. The molecule has 0 atom stereocenters. The number of hydrogen-bond acceptors (Lipinski definition) is 12. The van der Waals surface area contributed by atoms with Crippen molar-refractivity contribution < 1.29 is 77.2 Å². The number of carbonyl (C=O) groups excluding carboxylic acids is 6. The number of nitrogens with zero attached hydrogens (tertiary/aromatic N) is 4. The van der Waals surface area contributed by atoms with Crippen molar-refractivity contribution >= 4 is 47.6 Å². The molecule has 0 radical (unpaired) electrons. The molecule has 0 fully saturated rings. The van der Waals surface area contributed by atoms with Gasteiger partial charge in [-0.05, 0) is 37.1 Å². The zero-order valence-electron chi connectivity index (χ0n) is 33.3. The number of rotatable bonds is 17. The number of carboxylic acids is 4. The highest BCUT2D eigenvalue weighted by Gasteiger charge is 2.25. The molecular weight excluding hydrogens is 736 g/mol. The zero-order valence-corrected chi connectivity index (χ0v) is 33.3. The van der Waals surface area contributed by atoms with E-state index in [0.717, 1.165) is 36.8 Å². The summed E-state index contributed by atoms with van der Waals surface area (Å²) in [7, 11) is 14.6. The Hall–Kier alpha value is -5.88. The fraction of sp³-hybridized carbons (Fsp3) is 0.474. The van der Waals surface area contributed by atoms with Gasteiger partial charge in [0.15, 0.2) is 23.5 Å². The Morgan fingerprint density at radius 3 is 1.11 bits per heavy atom. The van der Waals surface area contributed by atoms with Crippen molar-refractivity contribution in [2.75, 3.05) is 69.5 Å². The standard InChI is InChI=1S/C34H52N4O6.2C2H2O4/c1-35(2)33(41)43-31-21-15-13-17-27(31)23-37(5,6)25-29(39)19-11-9-10-12-20-30(40)26-38(7,8)24-28-18-14-16-22-32(28)44-34(42)36(3)4;2*3-1(4)2(5)6/h13-18,21-22H,9-12,19-20,23-26H2,1-8H3;2*(H,3,4)(H,5,6)/q+2;;/p-2. The molecule has 2 amide bonds. The van der Waals surface area contributed by atoms with Crippen molar-refractivity contribution in [3.63, 3.8) is 0 Å². The molecule has 56 heavy (non-hydrogen) atoms. The van der Waals surface area contributed by atoms with Crippen LogP contribution in [-0.4, -0.2) is 146 Å². The van der Waals surface area contributed by atoms with Crippen LogP contribution in [0.2, 0.25) is 0 Å². The molecule has 18 heteroatoms. The molecule has 0 heterocycles. The fourth-order valence-electron chi connectivity index (χ4n) is 4.98. The van der Waals surface area contributed by atoms with Gasteiger partial charge in [-0.1, -0.05) is 37.1 Å². The van der Waals surface area contributed by atoms with Crippen LogP contribution in [0.3, 0.4) is 0 Å². The van der Waals surface area contributed by atoms with E-state index < -0.39 is 36.1 Å². The third kappa shape index (κ3) is 22.4. The predicted molar refractivity (Wildman–Crippen MR) is 197 cm³/mol. The van der Waals surface area contributed by atoms with Crippen LogP contribution >= 0.6 is 0 Å². The number of amides is 2. The number of carbonyl (C=O) groups is 8. The van der Waals surface area contributed by atoms with E-state index in [-0.39, 0.29) is 11.6 Å². The third-order valence-electron chi connectivity index (χ3n) is 7.49. The number of unbranched alkanes of at least 4 members (excludes halogenated alkanes) is 3. The van der Waals surface area contributed by atoms with E-state index >= 15 is 0 Å². The molecular formula is C38H54N4O14. The minimum absolute atomic E-state index is 0.199. The second kappa shape index (κ2) is 24.5. The molecule has 0 unspecified atom stereocenters. The second-order valence-electron chi connectivity index (χ2n) is 14.4. The zero-order chi connectivity index (χ0) is 43.2. The molecule has 0 aromatic heterocycles. The van der Waals surface area contributed by atoms with Gasteiger partial charge in [-0.3, -0.25) is 9.59 Å². The van der Waals surface area contributed by atoms with E-state index in [1.54, 1.807) is 40.3 Å². The normalized spacial score (nSPS) is 10.6. The summed E-state index contributed by atoms with van der Waals surface area (Å²) < 4.78 is 11.9. The highest BCUT2D eigenvalue weighted by Crippen LogP contribution is 2.24. The van der Waals surface area contributed by atoms with E-state index in [2.05, 4.69) is 0 Å². The lowest BCUT2D eigenvalue weighted by Crippen LogP contribution is -2.43. The molecule has 0 spiro atoms. The number of carboxylic acid groups (broad SMARTS) is 4. The monoisotopic (exact) mass is 790 g/mol. The molecule has 0 aliphatic heterocycles. The minimum atomic E-state index is -2.07. The molecule has 0 aliphatic rings. The summed E-state index contributed by atoms with van der Waals surface area (Å²) >= 11 is 0. The van der Waals surface area contributed by atoms with Gasteiger partial charge in [0.05, 0.1) is 28.2 Å². The van der Waals surface area contributed by atoms with E-state index in [0.29, 0.717) is 59.5 Å². The summed E-state index contributed by atoms with van der Waals surface area (Å²) in [5, 5.41) is 32.6. The van der Waals surface area contributed by atoms with Gasteiger partial charge >= 0.3 is 24.1 Å². The summed E-state index contributed by atoms with van der Waals surface area (Å²) in [6.07, 6.45) is 3.55. The van der Waals surface area contributed by atoms with E-state index in [4.69, 9.17) is 49.1 Å². The molecule has 2 N–H and O–H groups in total. The van der Waals surface area contributed by atoms with Crippen LogP contribution in [0.25, 0.3) is 0 Å². The smallest absolute Gasteiger partial charge is 0.414 e. The van der Waals surface area contributed by atoms with Crippen molar-refractivity contribution in [1.29, 1.82) is 0 Å². The summed E-state index contributed by atoms with van der Waals surface area (Å²) in [4.78, 5) is 88.4. The first-order valence-electron chi connectivity index (χ1n) is 17.4. The summed E-state index contributed by atoms with van der Waals surface area (Å²) in [6, 6.07) is 14.8. The van der Waals surface area contributed by atoms with Crippen molar-refractivity contribution in [2.24, 2.45) is 0 Å². The van der Waals surface area contributed by atoms with Crippen LogP contribution < -0.4 is 19.7 Å². The first-order chi connectivity index (χ1) is 25.9. The molecule has 0 saturated carbocycles. The van der Waals surface area contributed by atoms with Crippen molar-refractivity contribution in [2.45, 2.75) is 51.6 Å². The molecule has 2 aromatic rings. The van der Waals surface area contributed by atoms with Gasteiger partial charge in [-0.2, -0.15) is 0 Å². The van der Waals surface area contributed by atoms with Crippen LogP contribution in [0.5, 0.6) is 11.5 Å². The number of ketones is 2. The number of benzene rings is 2. The van der Waals surface area contributed by atoms with Crippen LogP contribution in [0.4, 0.5) is 9.59 Å². The van der Waals surface area contributed by atoms with E-state index in [1.807, 2.05) is 64.6 Å². The third-order valence-corrected chi connectivity index (χ3v) is 7.49. The van der Waals surface area contributed by atoms with Crippen molar-refractivity contribution in [3.8, 4) is 11.5 Å². The van der Waals surface area contributed by atoms with Crippen LogP contribution in [0, 0.1) is 0 Å². The topological polar surface area (TPSA) is 248 Å². The Morgan fingerprint density at radius 2 is 0.839 bits per heavy atom. The molecule has 2 rings (SSSR count). The maximum Gasteiger partial charge on any atom is 0.414 e. The number of Topliss-reactive ketones (excluding diaryl/α,β-unsaturated/α-hetero) is 2. The number of ether oxygens (including phenoxy) is 2. The Balaban J connectivity index is 0.00000217. The largest absolute Gasteiger partial charge is 0.539 e. The lowest BCUT2D eigenvalue weighted by Gasteiger charge is -2.30. The van der Waals surface area contributed by atoms with Crippen molar-refractivity contribution in [1.82, 2.24) is 9.80 Å². The van der Waals surface area contributed by atoms with Gasteiger partial charge in [-0.15, -0.1) is 0 Å². The Bertz CT molecular complexity index is 1530. The lowest BCUT2D eigenvalue weighted by molar-refractivity contribution is -0.895. The molecule has 2 aromatic carbocycles. The first kappa shape index (κ1) is 50.1. The quantitative estimate of drug-likeness (QED) is 0.128. The average Bonchev–Trinajstić information content (AvgIpc) is 3.07. The summed E-state index contributed by atoms with van der Waals surface area (Å²) in [6.45, 7) is 1.90. The average molecular weight is 791 g/mol. The Labute approximate surface area is 326 Å². The lowest BCUT2D eigenvalue weighted by atomic mass is 10.1. The van der Waals surface area contributed by atoms with Gasteiger partial charge in [0.25, 0.3) is 0 Å². The molecule has 0 bridgehead atoms. The van der Waals surface area contributed by atoms with Crippen LogP contribution in [0.15, 0.2) is 48.5 Å². The highest BCUT2D eigenvalue weighted by atomic mass is 16.6. The molecule has 18 nitrogen and oxygen atoms in total.